The number of carboxylic acid groups (broad SMARTS) is 1. The van der Waals surface area contributed by atoms with Crippen molar-refractivity contribution in [3.05, 3.63) is 0 Å². The van der Waals surface area contributed by atoms with Crippen LogP contribution in [0.1, 0.15) is 47.0 Å². The van der Waals surface area contributed by atoms with Gasteiger partial charge in [-0.2, -0.15) is 0 Å². The van der Waals surface area contributed by atoms with Crippen LogP contribution in [0.2, 0.25) is 0 Å². The van der Waals surface area contributed by atoms with E-state index >= 15 is 0 Å². The molecule has 0 saturated heterocycles. The molecule has 4 N–H and O–H groups in total. The fourth-order valence-corrected chi connectivity index (χ4v) is 2.10. The van der Waals surface area contributed by atoms with Crippen LogP contribution in [0.25, 0.3) is 0 Å². The van der Waals surface area contributed by atoms with E-state index in [2.05, 4.69) is 19.2 Å². The van der Waals surface area contributed by atoms with Crippen molar-refractivity contribution in [3.8, 4) is 0 Å². The highest BCUT2D eigenvalue weighted by atomic mass is 16.4. The maximum Gasteiger partial charge on any atom is 0.305 e. The molecular formula is C14H28N2O3. The molecular weight excluding hydrogens is 244 g/mol. The zero-order valence-corrected chi connectivity index (χ0v) is 12.5. The number of rotatable bonds is 9. The second kappa shape index (κ2) is 8.91. The quantitative estimate of drug-likeness (QED) is 0.594. The van der Waals surface area contributed by atoms with Gasteiger partial charge in [0.1, 0.15) is 0 Å². The Labute approximate surface area is 115 Å². The van der Waals surface area contributed by atoms with Crippen molar-refractivity contribution in [1.82, 2.24) is 5.32 Å². The van der Waals surface area contributed by atoms with Gasteiger partial charge >= 0.3 is 5.97 Å². The molecule has 0 aromatic heterocycles. The number of amides is 1. The third-order valence-electron chi connectivity index (χ3n) is 3.16. The van der Waals surface area contributed by atoms with E-state index in [9.17, 15) is 9.59 Å². The van der Waals surface area contributed by atoms with Crippen molar-refractivity contribution in [1.29, 1.82) is 0 Å². The van der Waals surface area contributed by atoms with Gasteiger partial charge in [-0.1, -0.05) is 27.7 Å². The number of hydrogen-bond donors (Lipinski definition) is 3. The van der Waals surface area contributed by atoms with E-state index in [0.29, 0.717) is 18.9 Å². The molecule has 0 heterocycles. The largest absolute Gasteiger partial charge is 0.481 e. The first kappa shape index (κ1) is 17.9. The lowest BCUT2D eigenvalue weighted by molar-refractivity contribution is -0.138. The van der Waals surface area contributed by atoms with Gasteiger partial charge in [-0.25, -0.2) is 0 Å². The van der Waals surface area contributed by atoms with E-state index in [0.717, 1.165) is 6.42 Å². The summed E-state index contributed by atoms with van der Waals surface area (Å²) < 4.78 is 0. The minimum absolute atomic E-state index is 0.0408. The normalized spacial score (nSPS) is 14.5. The number of aliphatic carboxylic acids is 1. The maximum atomic E-state index is 11.9. The first-order chi connectivity index (χ1) is 8.76. The first-order valence-electron chi connectivity index (χ1n) is 6.97. The van der Waals surface area contributed by atoms with E-state index in [1.165, 1.54) is 0 Å². The highest BCUT2D eigenvalue weighted by molar-refractivity contribution is 5.77. The Hall–Kier alpha value is -1.10. The van der Waals surface area contributed by atoms with E-state index < -0.39 is 5.97 Å². The Bertz CT molecular complexity index is 290. The Morgan fingerprint density at radius 3 is 2.11 bits per heavy atom. The molecule has 2 atom stereocenters. The molecule has 112 valence electrons. The summed E-state index contributed by atoms with van der Waals surface area (Å²) in [7, 11) is 0. The minimum atomic E-state index is -0.892. The molecule has 0 aliphatic rings. The summed E-state index contributed by atoms with van der Waals surface area (Å²) in [5.41, 5.74) is 5.67. The van der Waals surface area contributed by atoms with Gasteiger partial charge in [0.05, 0.1) is 6.42 Å². The predicted octanol–water partition coefficient (Wildman–Crippen LogP) is 1.61. The second-order valence-electron chi connectivity index (χ2n) is 5.95. The third kappa shape index (κ3) is 8.59. The molecule has 0 aliphatic carbocycles. The summed E-state index contributed by atoms with van der Waals surface area (Å²) >= 11 is 0. The first-order valence-corrected chi connectivity index (χ1v) is 6.97. The van der Waals surface area contributed by atoms with Gasteiger partial charge in [0.15, 0.2) is 0 Å². The summed E-state index contributed by atoms with van der Waals surface area (Å²) in [4.78, 5) is 22.7. The SMILES string of the molecule is CC(C)CC(CN)CC(=O)NC(CC(=O)O)C(C)C. The lowest BCUT2D eigenvalue weighted by Gasteiger charge is -2.23. The van der Waals surface area contributed by atoms with E-state index in [1.54, 1.807) is 0 Å². The van der Waals surface area contributed by atoms with Crippen LogP contribution in [-0.4, -0.2) is 29.6 Å². The fourth-order valence-electron chi connectivity index (χ4n) is 2.10. The van der Waals surface area contributed by atoms with Gasteiger partial charge in [0.25, 0.3) is 0 Å². The van der Waals surface area contributed by atoms with Crippen LogP contribution < -0.4 is 11.1 Å². The summed E-state index contributed by atoms with van der Waals surface area (Å²) in [5.74, 6) is -0.229. The summed E-state index contributed by atoms with van der Waals surface area (Å²) in [5, 5.41) is 11.6. The lowest BCUT2D eigenvalue weighted by atomic mass is 9.93. The van der Waals surface area contributed by atoms with E-state index in [4.69, 9.17) is 10.8 Å². The van der Waals surface area contributed by atoms with Gasteiger partial charge in [0, 0.05) is 12.5 Å². The van der Waals surface area contributed by atoms with Crippen molar-refractivity contribution in [2.45, 2.75) is 53.0 Å². The summed E-state index contributed by atoms with van der Waals surface area (Å²) in [6.07, 6.45) is 1.24. The smallest absolute Gasteiger partial charge is 0.305 e. The average molecular weight is 272 g/mol. The highest BCUT2D eigenvalue weighted by Crippen LogP contribution is 2.15. The molecule has 0 fully saturated rings. The van der Waals surface area contributed by atoms with Crippen LogP contribution in [0.4, 0.5) is 0 Å². The Morgan fingerprint density at radius 1 is 1.16 bits per heavy atom. The molecule has 2 unspecified atom stereocenters. The lowest BCUT2D eigenvalue weighted by Crippen LogP contribution is -2.41. The monoisotopic (exact) mass is 272 g/mol. The van der Waals surface area contributed by atoms with Crippen LogP contribution in [0.5, 0.6) is 0 Å². The summed E-state index contributed by atoms with van der Waals surface area (Å²) in [6, 6.07) is -0.317. The predicted molar refractivity (Wildman–Crippen MR) is 75.6 cm³/mol. The number of carbonyl (C=O) groups is 2. The fraction of sp³-hybridized carbons (Fsp3) is 0.857. The van der Waals surface area contributed by atoms with Crippen LogP contribution in [0.3, 0.4) is 0 Å². The van der Waals surface area contributed by atoms with E-state index in [1.807, 2.05) is 13.8 Å². The van der Waals surface area contributed by atoms with Crippen LogP contribution >= 0.6 is 0 Å². The Kier molecular flexibility index (Phi) is 8.39. The second-order valence-corrected chi connectivity index (χ2v) is 5.95. The molecule has 0 aromatic rings. The molecule has 0 radical (unpaired) electrons. The number of nitrogens with one attached hydrogen (secondary N) is 1. The topological polar surface area (TPSA) is 92.4 Å². The number of hydrogen-bond acceptors (Lipinski definition) is 3. The van der Waals surface area contributed by atoms with Crippen LogP contribution in [0.15, 0.2) is 0 Å². The molecule has 5 nitrogen and oxygen atoms in total. The van der Waals surface area contributed by atoms with Gasteiger partial charge in [-0.15, -0.1) is 0 Å². The summed E-state index contributed by atoms with van der Waals surface area (Å²) in [6.45, 7) is 8.49. The Balaban J connectivity index is 4.35. The molecule has 0 aromatic carbocycles. The molecule has 1 amide bonds. The number of nitrogens with two attached hydrogens (primary N) is 1. The van der Waals surface area contributed by atoms with Crippen molar-refractivity contribution < 1.29 is 14.7 Å². The van der Waals surface area contributed by atoms with Crippen LogP contribution in [-0.2, 0) is 9.59 Å². The zero-order valence-electron chi connectivity index (χ0n) is 12.5. The van der Waals surface area contributed by atoms with Crippen molar-refractivity contribution >= 4 is 11.9 Å². The standard InChI is InChI=1S/C14H28N2O3/c1-9(2)5-11(8-15)6-13(17)16-12(10(3)4)7-14(18)19/h9-12H,5-8,15H2,1-4H3,(H,16,17)(H,18,19). The van der Waals surface area contributed by atoms with Crippen molar-refractivity contribution in [2.24, 2.45) is 23.5 Å². The molecule has 0 saturated carbocycles. The van der Waals surface area contributed by atoms with Gasteiger partial charge in [0.2, 0.25) is 5.91 Å². The molecule has 0 rings (SSSR count). The zero-order chi connectivity index (χ0) is 15.0. The van der Waals surface area contributed by atoms with Crippen LogP contribution in [0, 0.1) is 17.8 Å². The Morgan fingerprint density at radius 2 is 1.74 bits per heavy atom. The highest BCUT2D eigenvalue weighted by Gasteiger charge is 2.21. The molecule has 0 spiro atoms. The molecule has 0 bridgehead atoms. The maximum absolute atomic E-state index is 11.9. The van der Waals surface area contributed by atoms with Gasteiger partial charge < -0.3 is 16.2 Å². The van der Waals surface area contributed by atoms with E-state index in [-0.39, 0.29) is 30.2 Å². The average Bonchev–Trinajstić information content (AvgIpc) is 2.25. The molecule has 19 heavy (non-hydrogen) atoms. The van der Waals surface area contributed by atoms with Crippen molar-refractivity contribution in [3.63, 3.8) is 0 Å². The third-order valence-corrected chi connectivity index (χ3v) is 3.16. The van der Waals surface area contributed by atoms with Crippen molar-refractivity contribution in [2.75, 3.05) is 6.54 Å². The molecule has 5 heteroatoms. The number of carbonyl (C=O) groups excluding carboxylic acids is 1. The van der Waals surface area contributed by atoms with Gasteiger partial charge in [-0.3, -0.25) is 9.59 Å². The molecule has 0 aliphatic heterocycles. The van der Waals surface area contributed by atoms with Gasteiger partial charge in [-0.05, 0) is 30.7 Å². The minimum Gasteiger partial charge on any atom is -0.481 e. The number of carboxylic acids is 1.